The summed E-state index contributed by atoms with van der Waals surface area (Å²) < 4.78 is 5.17. The molecule has 0 saturated carbocycles. The third-order valence-electron chi connectivity index (χ3n) is 2.06. The Morgan fingerprint density at radius 3 is 3.00 bits per heavy atom. The van der Waals surface area contributed by atoms with Crippen LogP contribution in [0.1, 0.15) is 10.4 Å². The van der Waals surface area contributed by atoms with Gasteiger partial charge in [-0.2, -0.15) is 0 Å². The minimum atomic E-state index is 0.577. The molecule has 0 fully saturated rings. The molecule has 0 unspecified atom stereocenters. The highest BCUT2D eigenvalue weighted by Gasteiger charge is 2.03. The van der Waals surface area contributed by atoms with Crippen LogP contribution in [0.2, 0.25) is 0 Å². The minimum absolute atomic E-state index is 0.577. The zero-order valence-electron chi connectivity index (χ0n) is 7.73. The number of ether oxygens (including phenoxy) is 1. The maximum absolute atomic E-state index is 10.6. The number of rotatable bonds is 2. The molecule has 70 valence electrons. The molecule has 0 atom stereocenters. The number of fused-ring (bicyclic) bond motifs is 1. The molecule has 0 spiro atoms. The van der Waals surface area contributed by atoms with Gasteiger partial charge < -0.3 is 4.74 Å². The molecule has 0 amide bonds. The van der Waals surface area contributed by atoms with E-state index in [1.807, 2.05) is 12.1 Å². The Bertz CT molecular complexity index is 480. The van der Waals surface area contributed by atoms with Crippen molar-refractivity contribution >= 4 is 17.2 Å². The van der Waals surface area contributed by atoms with Gasteiger partial charge in [-0.05, 0) is 24.3 Å². The molecule has 0 aliphatic rings. The predicted octanol–water partition coefficient (Wildman–Crippen LogP) is 2.06. The molecule has 3 heteroatoms. The van der Waals surface area contributed by atoms with Crippen LogP contribution in [0.4, 0.5) is 0 Å². The van der Waals surface area contributed by atoms with Crippen LogP contribution in [0.15, 0.2) is 30.5 Å². The lowest BCUT2D eigenvalue weighted by atomic mass is 10.1. The molecule has 3 nitrogen and oxygen atoms in total. The molecule has 2 aromatic rings. The molecule has 0 radical (unpaired) electrons. The van der Waals surface area contributed by atoms with Gasteiger partial charge in [0.1, 0.15) is 12.0 Å². The normalized spacial score (nSPS) is 10.1. The Morgan fingerprint density at radius 2 is 2.29 bits per heavy atom. The number of benzene rings is 1. The van der Waals surface area contributed by atoms with Gasteiger partial charge in [-0.1, -0.05) is 0 Å². The smallest absolute Gasteiger partial charge is 0.150 e. The molecule has 0 aliphatic heterocycles. The van der Waals surface area contributed by atoms with Crippen LogP contribution in [-0.4, -0.2) is 18.4 Å². The van der Waals surface area contributed by atoms with Crippen molar-refractivity contribution in [2.75, 3.05) is 7.11 Å². The van der Waals surface area contributed by atoms with Crippen LogP contribution in [0, 0.1) is 0 Å². The summed E-state index contributed by atoms with van der Waals surface area (Å²) in [5.74, 6) is 0.678. The SMILES string of the molecule is COc1cc(C=O)cc2ncccc12. The molecule has 0 N–H and O–H groups in total. The summed E-state index contributed by atoms with van der Waals surface area (Å²) in [6, 6.07) is 7.20. The van der Waals surface area contributed by atoms with Gasteiger partial charge in [-0.15, -0.1) is 0 Å². The molecule has 0 bridgehead atoms. The molecule has 0 saturated heterocycles. The van der Waals surface area contributed by atoms with E-state index in [9.17, 15) is 4.79 Å². The summed E-state index contributed by atoms with van der Waals surface area (Å²) in [6.45, 7) is 0. The molecular weight excluding hydrogens is 178 g/mol. The fraction of sp³-hybridized carbons (Fsp3) is 0.0909. The van der Waals surface area contributed by atoms with Crippen molar-refractivity contribution in [2.45, 2.75) is 0 Å². The third kappa shape index (κ3) is 1.33. The van der Waals surface area contributed by atoms with E-state index < -0.39 is 0 Å². The zero-order valence-corrected chi connectivity index (χ0v) is 7.73. The van der Waals surface area contributed by atoms with Crippen molar-refractivity contribution in [3.05, 3.63) is 36.0 Å². The summed E-state index contributed by atoms with van der Waals surface area (Å²) in [7, 11) is 1.58. The molecule has 1 aromatic heterocycles. The van der Waals surface area contributed by atoms with E-state index in [4.69, 9.17) is 4.74 Å². The second-order valence-electron chi connectivity index (χ2n) is 2.91. The molecule has 0 aliphatic carbocycles. The van der Waals surface area contributed by atoms with E-state index in [0.29, 0.717) is 11.3 Å². The average molecular weight is 187 g/mol. The zero-order chi connectivity index (χ0) is 9.97. The first-order valence-electron chi connectivity index (χ1n) is 4.23. The van der Waals surface area contributed by atoms with Crippen molar-refractivity contribution in [3.63, 3.8) is 0 Å². The molecule has 2 rings (SSSR count). The van der Waals surface area contributed by atoms with Gasteiger partial charge in [0.15, 0.2) is 0 Å². The summed E-state index contributed by atoms with van der Waals surface area (Å²) in [5, 5.41) is 0.917. The predicted molar refractivity (Wildman–Crippen MR) is 53.7 cm³/mol. The van der Waals surface area contributed by atoms with Crippen LogP contribution < -0.4 is 4.74 Å². The average Bonchev–Trinajstić information content (AvgIpc) is 2.27. The highest BCUT2D eigenvalue weighted by molar-refractivity contribution is 5.91. The van der Waals surface area contributed by atoms with Crippen LogP contribution >= 0.6 is 0 Å². The Kier molecular flexibility index (Phi) is 2.14. The standard InChI is InChI=1S/C11H9NO2/c1-14-11-6-8(7-13)5-10-9(11)3-2-4-12-10/h2-7H,1H3. The van der Waals surface area contributed by atoms with Crippen LogP contribution in [0.25, 0.3) is 10.9 Å². The van der Waals surface area contributed by atoms with Gasteiger partial charge in [0.2, 0.25) is 0 Å². The Balaban J connectivity index is 2.79. The van der Waals surface area contributed by atoms with E-state index in [-0.39, 0.29) is 0 Å². The van der Waals surface area contributed by atoms with E-state index in [0.717, 1.165) is 17.2 Å². The fourth-order valence-corrected chi connectivity index (χ4v) is 1.41. The minimum Gasteiger partial charge on any atom is -0.496 e. The largest absolute Gasteiger partial charge is 0.496 e. The van der Waals surface area contributed by atoms with Gasteiger partial charge >= 0.3 is 0 Å². The van der Waals surface area contributed by atoms with Gasteiger partial charge in [0.25, 0.3) is 0 Å². The maximum Gasteiger partial charge on any atom is 0.150 e. The lowest BCUT2D eigenvalue weighted by Crippen LogP contribution is -1.89. The highest BCUT2D eigenvalue weighted by atomic mass is 16.5. The second-order valence-corrected chi connectivity index (χ2v) is 2.91. The van der Waals surface area contributed by atoms with Crippen LogP contribution in [-0.2, 0) is 0 Å². The van der Waals surface area contributed by atoms with Gasteiger partial charge in [0, 0.05) is 17.1 Å². The monoisotopic (exact) mass is 187 g/mol. The topological polar surface area (TPSA) is 39.2 Å². The first kappa shape index (κ1) is 8.69. The maximum atomic E-state index is 10.6. The quantitative estimate of drug-likeness (QED) is 0.675. The molecular formula is C11H9NO2. The summed E-state index contributed by atoms with van der Waals surface area (Å²) >= 11 is 0. The number of pyridine rings is 1. The summed E-state index contributed by atoms with van der Waals surface area (Å²) in [5.41, 5.74) is 1.35. The van der Waals surface area contributed by atoms with Crippen molar-refractivity contribution in [1.82, 2.24) is 4.98 Å². The Labute approximate surface area is 81.3 Å². The highest BCUT2D eigenvalue weighted by Crippen LogP contribution is 2.24. The van der Waals surface area contributed by atoms with Crippen molar-refractivity contribution in [3.8, 4) is 5.75 Å². The number of nitrogens with zero attached hydrogens (tertiary/aromatic N) is 1. The number of hydrogen-bond acceptors (Lipinski definition) is 3. The lowest BCUT2D eigenvalue weighted by molar-refractivity contribution is 0.112. The van der Waals surface area contributed by atoms with Crippen molar-refractivity contribution in [1.29, 1.82) is 0 Å². The molecule has 1 aromatic carbocycles. The van der Waals surface area contributed by atoms with Crippen molar-refractivity contribution < 1.29 is 9.53 Å². The van der Waals surface area contributed by atoms with E-state index in [1.165, 1.54) is 0 Å². The Morgan fingerprint density at radius 1 is 1.43 bits per heavy atom. The number of carbonyl (C=O) groups is 1. The number of aromatic nitrogens is 1. The first-order valence-corrected chi connectivity index (χ1v) is 4.23. The van der Waals surface area contributed by atoms with Crippen LogP contribution in [0.3, 0.4) is 0 Å². The number of methoxy groups -OCH3 is 1. The van der Waals surface area contributed by atoms with Crippen molar-refractivity contribution in [2.24, 2.45) is 0 Å². The molecule has 14 heavy (non-hydrogen) atoms. The summed E-state index contributed by atoms with van der Waals surface area (Å²) in [4.78, 5) is 14.8. The number of carbonyl (C=O) groups excluding carboxylic acids is 1. The second kappa shape index (κ2) is 3.46. The number of hydrogen-bond donors (Lipinski definition) is 0. The van der Waals surface area contributed by atoms with Gasteiger partial charge in [0.05, 0.1) is 12.6 Å². The number of aldehydes is 1. The third-order valence-corrected chi connectivity index (χ3v) is 2.06. The molecule has 1 heterocycles. The van der Waals surface area contributed by atoms with E-state index >= 15 is 0 Å². The van der Waals surface area contributed by atoms with Crippen LogP contribution in [0.5, 0.6) is 5.75 Å². The van der Waals surface area contributed by atoms with Gasteiger partial charge in [-0.25, -0.2) is 0 Å². The first-order chi connectivity index (χ1) is 6.85. The lowest BCUT2D eigenvalue weighted by Gasteiger charge is -2.04. The van der Waals surface area contributed by atoms with E-state index in [2.05, 4.69) is 4.98 Å². The van der Waals surface area contributed by atoms with E-state index in [1.54, 1.807) is 25.4 Å². The van der Waals surface area contributed by atoms with Gasteiger partial charge in [-0.3, -0.25) is 9.78 Å². The Hall–Kier alpha value is -1.90. The fourth-order valence-electron chi connectivity index (χ4n) is 1.41. The summed E-state index contributed by atoms with van der Waals surface area (Å²) in [6.07, 6.45) is 2.48.